The van der Waals surface area contributed by atoms with E-state index in [4.69, 9.17) is 5.11 Å². The highest BCUT2D eigenvalue weighted by atomic mass is 79.9. The van der Waals surface area contributed by atoms with Crippen molar-refractivity contribution < 1.29 is 14.7 Å². The highest BCUT2D eigenvalue weighted by Gasteiger charge is 2.50. The normalized spacial score (nSPS) is 16.1. The van der Waals surface area contributed by atoms with Crippen molar-refractivity contribution in [3.63, 3.8) is 0 Å². The molecule has 1 aliphatic rings. The number of carbonyl (C=O) groups excluding carboxylic acids is 1. The number of carboxylic acids is 1. The van der Waals surface area contributed by atoms with Crippen LogP contribution in [-0.4, -0.2) is 23.5 Å². The SMILES string of the molecule is Cc1cccc(C(=O)NCC2(C(=O)O)CC2)c1Br. The molecule has 96 valence electrons. The Balaban J connectivity index is 2.05. The number of halogens is 1. The van der Waals surface area contributed by atoms with Crippen molar-refractivity contribution in [1.29, 1.82) is 0 Å². The molecular weight excluding hydrogens is 298 g/mol. The average Bonchev–Trinajstić information content (AvgIpc) is 3.11. The molecule has 0 spiro atoms. The summed E-state index contributed by atoms with van der Waals surface area (Å²) in [5, 5.41) is 11.7. The number of carbonyl (C=O) groups is 2. The van der Waals surface area contributed by atoms with Gasteiger partial charge in [0.25, 0.3) is 5.91 Å². The van der Waals surface area contributed by atoms with Crippen molar-refractivity contribution >= 4 is 27.8 Å². The summed E-state index contributed by atoms with van der Waals surface area (Å²) in [6.45, 7) is 2.10. The number of hydrogen-bond acceptors (Lipinski definition) is 2. The summed E-state index contributed by atoms with van der Waals surface area (Å²) in [6.07, 6.45) is 1.27. The van der Waals surface area contributed by atoms with E-state index in [9.17, 15) is 9.59 Å². The Morgan fingerprint density at radius 3 is 2.67 bits per heavy atom. The van der Waals surface area contributed by atoms with Crippen LogP contribution in [0.3, 0.4) is 0 Å². The smallest absolute Gasteiger partial charge is 0.311 e. The summed E-state index contributed by atoms with van der Waals surface area (Å²) >= 11 is 3.37. The van der Waals surface area contributed by atoms with Crippen LogP contribution < -0.4 is 5.32 Å². The van der Waals surface area contributed by atoms with Gasteiger partial charge >= 0.3 is 5.97 Å². The molecule has 2 N–H and O–H groups in total. The Morgan fingerprint density at radius 2 is 2.11 bits per heavy atom. The topological polar surface area (TPSA) is 66.4 Å². The largest absolute Gasteiger partial charge is 0.481 e. The van der Waals surface area contributed by atoms with Crippen molar-refractivity contribution in [1.82, 2.24) is 5.32 Å². The summed E-state index contributed by atoms with van der Waals surface area (Å²) in [7, 11) is 0. The first kappa shape index (κ1) is 13.1. The number of aliphatic carboxylic acids is 1. The van der Waals surface area contributed by atoms with E-state index in [1.807, 2.05) is 13.0 Å². The zero-order chi connectivity index (χ0) is 13.3. The first-order valence-electron chi connectivity index (χ1n) is 5.73. The Kier molecular flexibility index (Phi) is 3.43. The lowest BCUT2D eigenvalue weighted by atomic mass is 10.1. The van der Waals surface area contributed by atoms with E-state index in [0.717, 1.165) is 10.0 Å². The molecule has 0 unspecified atom stereocenters. The first-order chi connectivity index (χ1) is 8.46. The van der Waals surface area contributed by atoms with Gasteiger partial charge in [-0.05, 0) is 47.3 Å². The molecule has 1 aromatic carbocycles. The minimum atomic E-state index is -0.828. The molecule has 1 aromatic rings. The van der Waals surface area contributed by atoms with Gasteiger partial charge in [-0.25, -0.2) is 0 Å². The molecule has 1 aliphatic carbocycles. The van der Waals surface area contributed by atoms with Crippen LogP contribution in [0.15, 0.2) is 22.7 Å². The van der Waals surface area contributed by atoms with Crippen LogP contribution in [-0.2, 0) is 4.79 Å². The zero-order valence-corrected chi connectivity index (χ0v) is 11.6. The molecule has 18 heavy (non-hydrogen) atoms. The predicted molar refractivity (Wildman–Crippen MR) is 70.5 cm³/mol. The standard InChI is InChI=1S/C13H14BrNO3/c1-8-3-2-4-9(10(8)14)11(16)15-7-13(5-6-13)12(17)18/h2-4H,5-7H2,1H3,(H,15,16)(H,17,18). The minimum Gasteiger partial charge on any atom is -0.481 e. The second-order valence-electron chi connectivity index (χ2n) is 4.70. The maximum Gasteiger partial charge on any atom is 0.311 e. The Labute approximate surface area is 114 Å². The average molecular weight is 312 g/mol. The van der Waals surface area contributed by atoms with Crippen molar-refractivity contribution in [2.75, 3.05) is 6.54 Å². The molecule has 0 atom stereocenters. The molecular formula is C13H14BrNO3. The molecule has 0 saturated heterocycles. The quantitative estimate of drug-likeness (QED) is 0.897. The van der Waals surface area contributed by atoms with Gasteiger partial charge in [0.15, 0.2) is 0 Å². The van der Waals surface area contributed by atoms with Gasteiger partial charge in [-0.2, -0.15) is 0 Å². The predicted octanol–water partition coefficient (Wildman–Crippen LogP) is 2.35. The summed E-state index contributed by atoms with van der Waals surface area (Å²) < 4.78 is 0.752. The van der Waals surface area contributed by atoms with Crippen LogP contribution in [0, 0.1) is 12.3 Å². The van der Waals surface area contributed by atoms with Crippen LogP contribution in [0.25, 0.3) is 0 Å². The van der Waals surface area contributed by atoms with Gasteiger partial charge in [-0.1, -0.05) is 12.1 Å². The second kappa shape index (κ2) is 4.72. The van der Waals surface area contributed by atoms with E-state index in [1.165, 1.54) is 0 Å². The molecule has 0 heterocycles. The Hall–Kier alpha value is -1.36. The lowest BCUT2D eigenvalue weighted by molar-refractivity contribution is -0.143. The molecule has 0 radical (unpaired) electrons. The highest BCUT2D eigenvalue weighted by molar-refractivity contribution is 9.10. The molecule has 4 nitrogen and oxygen atoms in total. The van der Waals surface area contributed by atoms with E-state index in [-0.39, 0.29) is 12.5 Å². The van der Waals surface area contributed by atoms with E-state index in [0.29, 0.717) is 18.4 Å². The fourth-order valence-corrected chi connectivity index (χ4v) is 2.23. The number of hydrogen-bond donors (Lipinski definition) is 2. The van der Waals surface area contributed by atoms with Crippen LogP contribution >= 0.6 is 15.9 Å². The lowest BCUT2D eigenvalue weighted by Gasteiger charge is -2.12. The molecule has 0 aromatic heterocycles. The minimum absolute atomic E-state index is 0.196. The summed E-state index contributed by atoms with van der Waals surface area (Å²) in [4.78, 5) is 23.0. The molecule has 1 amide bonds. The fraction of sp³-hybridized carbons (Fsp3) is 0.385. The monoisotopic (exact) mass is 311 g/mol. The summed E-state index contributed by atoms with van der Waals surface area (Å²) in [5.41, 5.74) is 0.782. The second-order valence-corrected chi connectivity index (χ2v) is 5.50. The Morgan fingerprint density at radius 1 is 1.44 bits per heavy atom. The van der Waals surface area contributed by atoms with Gasteiger partial charge < -0.3 is 10.4 Å². The van der Waals surface area contributed by atoms with Crippen molar-refractivity contribution in [2.24, 2.45) is 5.41 Å². The third-order valence-corrected chi connectivity index (χ3v) is 4.38. The summed E-state index contributed by atoms with van der Waals surface area (Å²) in [6, 6.07) is 5.42. The van der Waals surface area contributed by atoms with Gasteiger partial charge in [0.2, 0.25) is 0 Å². The maximum atomic E-state index is 12.0. The van der Waals surface area contributed by atoms with Crippen molar-refractivity contribution in [2.45, 2.75) is 19.8 Å². The molecule has 0 bridgehead atoms. The third kappa shape index (κ3) is 2.41. The molecule has 1 fully saturated rings. The van der Waals surface area contributed by atoms with Gasteiger partial charge in [-0.3, -0.25) is 9.59 Å². The third-order valence-electron chi connectivity index (χ3n) is 3.33. The number of rotatable bonds is 4. The highest BCUT2D eigenvalue weighted by Crippen LogP contribution is 2.45. The maximum absolute atomic E-state index is 12.0. The number of nitrogens with one attached hydrogen (secondary N) is 1. The van der Waals surface area contributed by atoms with Gasteiger partial charge in [0.1, 0.15) is 0 Å². The molecule has 1 saturated carbocycles. The zero-order valence-electron chi connectivity index (χ0n) is 10.00. The van der Waals surface area contributed by atoms with Gasteiger partial charge in [0.05, 0.1) is 11.0 Å². The lowest BCUT2D eigenvalue weighted by Crippen LogP contribution is -2.34. The summed E-state index contributed by atoms with van der Waals surface area (Å²) in [5.74, 6) is -1.07. The van der Waals surface area contributed by atoms with E-state index >= 15 is 0 Å². The van der Waals surface area contributed by atoms with E-state index in [2.05, 4.69) is 21.2 Å². The Bertz CT molecular complexity index is 509. The van der Waals surface area contributed by atoms with E-state index in [1.54, 1.807) is 12.1 Å². The van der Waals surface area contributed by atoms with Crippen LogP contribution in [0.1, 0.15) is 28.8 Å². The van der Waals surface area contributed by atoms with Crippen molar-refractivity contribution in [3.05, 3.63) is 33.8 Å². The van der Waals surface area contributed by atoms with E-state index < -0.39 is 11.4 Å². The molecule has 2 rings (SSSR count). The number of benzene rings is 1. The van der Waals surface area contributed by atoms with Crippen LogP contribution in [0.4, 0.5) is 0 Å². The van der Waals surface area contributed by atoms with Crippen molar-refractivity contribution in [3.8, 4) is 0 Å². The number of aryl methyl sites for hydroxylation is 1. The number of amides is 1. The first-order valence-corrected chi connectivity index (χ1v) is 6.52. The van der Waals surface area contributed by atoms with Crippen LogP contribution in [0.5, 0.6) is 0 Å². The molecule has 5 heteroatoms. The van der Waals surface area contributed by atoms with Gasteiger partial charge in [-0.15, -0.1) is 0 Å². The number of carboxylic acid groups (broad SMARTS) is 1. The molecule has 0 aliphatic heterocycles. The fourth-order valence-electron chi connectivity index (χ4n) is 1.78. The van der Waals surface area contributed by atoms with Gasteiger partial charge in [0, 0.05) is 11.0 Å². The van der Waals surface area contributed by atoms with Crippen LogP contribution in [0.2, 0.25) is 0 Å².